The maximum atomic E-state index is 12.6. The van der Waals surface area contributed by atoms with Crippen molar-refractivity contribution in [2.24, 2.45) is 11.3 Å². The van der Waals surface area contributed by atoms with Crippen molar-refractivity contribution in [2.45, 2.75) is 39.4 Å². The van der Waals surface area contributed by atoms with Crippen molar-refractivity contribution in [1.29, 1.82) is 0 Å². The van der Waals surface area contributed by atoms with Crippen LogP contribution in [0.2, 0.25) is 0 Å². The lowest BCUT2D eigenvalue weighted by atomic mass is 10.1. The average molecular weight is 258 g/mol. The number of carbonyl (C=O) groups excluding carboxylic acids is 1. The highest BCUT2D eigenvalue weighted by Crippen LogP contribution is 2.52. The second kappa shape index (κ2) is 4.34. The van der Waals surface area contributed by atoms with Crippen LogP contribution in [0.15, 0.2) is 30.3 Å². The number of hydrogen-bond acceptors (Lipinski definition) is 2. The van der Waals surface area contributed by atoms with Crippen molar-refractivity contribution in [3.8, 4) is 0 Å². The zero-order valence-electron chi connectivity index (χ0n) is 11.9. The average Bonchev–Trinajstić information content (AvgIpc) is 2.90. The Bertz CT molecular complexity index is 483. The summed E-state index contributed by atoms with van der Waals surface area (Å²) in [6.45, 7) is 7.54. The van der Waals surface area contributed by atoms with Crippen molar-refractivity contribution in [3.05, 3.63) is 35.9 Å². The third-order valence-corrected chi connectivity index (χ3v) is 4.67. The van der Waals surface area contributed by atoms with Gasteiger partial charge in [0.25, 0.3) is 0 Å². The molecule has 1 aromatic carbocycles. The molecule has 1 saturated carbocycles. The quantitative estimate of drug-likeness (QED) is 0.903. The Morgan fingerprint density at radius 3 is 2.53 bits per heavy atom. The molecular formula is C16H22N2O. The molecule has 1 N–H and O–H groups in total. The van der Waals surface area contributed by atoms with Crippen molar-refractivity contribution in [1.82, 2.24) is 10.2 Å². The van der Waals surface area contributed by atoms with E-state index in [0.717, 1.165) is 12.1 Å². The van der Waals surface area contributed by atoms with Gasteiger partial charge in [-0.05, 0) is 30.2 Å². The molecule has 3 nitrogen and oxygen atoms in total. The normalized spacial score (nSPS) is 32.7. The van der Waals surface area contributed by atoms with Crippen molar-refractivity contribution in [3.63, 3.8) is 0 Å². The molecule has 1 saturated heterocycles. The first-order chi connectivity index (χ1) is 8.99. The summed E-state index contributed by atoms with van der Waals surface area (Å²) in [5, 5.41) is 3.41. The van der Waals surface area contributed by atoms with Crippen LogP contribution in [-0.2, 0) is 4.79 Å². The van der Waals surface area contributed by atoms with E-state index in [4.69, 9.17) is 0 Å². The van der Waals surface area contributed by atoms with E-state index in [2.05, 4.69) is 26.1 Å². The molecule has 102 valence electrons. The van der Waals surface area contributed by atoms with Gasteiger partial charge in [0.2, 0.25) is 5.91 Å². The van der Waals surface area contributed by atoms with Crippen LogP contribution in [0, 0.1) is 11.3 Å². The summed E-state index contributed by atoms with van der Waals surface area (Å²) < 4.78 is 0. The van der Waals surface area contributed by atoms with Gasteiger partial charge in [0.15, 0.2) is 0 Å². The monoisotopic (exact) mass is 258 g/mol. The number of nitrogens with zero attached hydrogens (tertiary/aromatic N) is 1. The fourth-order valence-electron chi connectivity index (χ4n) is 3.02. The molecule has 0 aromatic heterocycles. The molecule has 0 bridgehead atoms. The first kappa shape index (κ1) is 12.7. The van der Waals surface area contributed by atoms with E-state index in [1.165, 1.54) is 6.42 Å². The van der Waals surface area contributed by atoms with Crippen LogP contribution in [-0.4, -0.2) is 23.5 Å². The highest BCUT2D eigenvalue weighted by molar-refractivity contribution is 5.85. The Kier molecular flexibility index (Phi) is 2.90. The van der Waals surface area contributed by atoms with Gasteiger partial charge in [0.1, 0.15) is 6.04 Å². The van der Waals surface area contributed by atoms with Gasteiger partial charge in [-0.1, -0.05) is 44.2 Å². The summed E-state index contributed by atoms with van der Waals surface area (Å²) in [7, 11) is 0. The summed E-state index contributed by atoms with van der Waals surface area (Å²) in [5.41, 5.74) is 1.49. The van der Waals surface area contributed by atoms with Crippen LogP contribution in [0.1, 0.15) is 38.8 Å². The molecule has 3 heteroatoms. The van der Waals surface area contributed by atoms with Crippen LogP contribution in [0.3, 0.4) is 0 Å². The first-order valence-corrected chi connectivity index (χ1v) is 7.10. The van der Waals surface area contributed by atoms with Crippen LogP contribution in [0.25, 0.3) is 0 Å². The van der Waals surface area contributed by atoms with Gasteiger partial charge >= 0.3 is 0 Å². The second-order valence-corrected chi connectivity index (χ2v) is 6.57. The number of rotatable bonds is 3. The zero-order chi connectivity index (χ0) is 13.6. The van der Waals surface area contributed by atoms with Gasteiger partial charge in [0, 0.05) is 6.54 Å². The van der Waals surface area contributed by atoms with E-state index in [1.807, 2.05) is 35.2 Å². The van der Waals surface area contributed by atoms with Crippen LogP contribution < -0.4 is 5.32 Å². The van der Waals surface area contributed by atoms with Gasteiger partial charge < -0.3 is 4.90 Å². The van der Waals surface area contributed by atoms with Crippen LogP contribution in [0.4, 0.5) is 0 Å². The summed E-state index contributed by atoms with van der Waals surface area (Å²) in [6, 6.07) is 9.83. The van der Waals surface area contributed by atoms with E-state index in [9.17, 15) is 4.79 Å². The SMILES string of the molecule is CC1NC(c2ccccc2)C(=O)N1CC1CC1(C)C. The predicted molar refractivity (Wildman–Crippen MR) is 75.4 cm³/mol. The molecule has 1 aliphatic carbocycles. The van der Waals surface area contributed by atoms with Gasteiger partial charge in [0.05, 0.1) is 6.17 Å². The Labute approximate surface area is 115 Å². The molecule has 3 unspecified atom stereocenters. The molecule has 3 atom stereocenters. The summed E-state index contributed by atoms with van der Waals surface area (Å²) in [4.78, 5) is 14.6. The Morgan fingerprint density at radius 2 is 1.95 bits per heavy atom. The van der Waals surface area contributed by atoms with Gasteiger partial charge in [-0.15, -0.1) is 0 Å². The number of carbonyl (C=O) groups is 1. The summed E-state index contributed by atoms with van der Waals surface area (Å²) >= 11 is 0. The highest BCUT2D eigenvalue weighted by Gasteiger charge is 2.49. The molecule has 0 spiro atoms. The topological polar surface area (TPSA) is 32.3 Å². The molecule has 0 radical (unpaired) electrons. The lowest BCUT2D eigenvalue weighted by Gasteiger charge is -2.21. The van der Waals surface area contributed by atoms with E-state index >= 15 is 0 Å². The van der Waals surface area contributed by atoms with Crippen molar-refractivity contribution >= 4 is 5.91 Å². The minimum Gasteiger partial charge on any atom is -0.325 e. The standard InChI is InChI=1S/C16H22N2O/c1-11-17-14(12-7-5-4-6-8-12)15(19)18(11)10-13-9-16(13,2)3/h4-8,11,13-14,17H,9-10H2,1-3H3. The lowest BCUT2D eigenvalue weighted by molar-refractivity contribution is -0.130. The molecule has 1 aliphatic heterocycles. The Hall–Kier alpha value is -1.35. The molecule has 1 amide bonds. The Morgan fingerprint density at radius 1 is 1.32 bits per heavy atom. The van der Waals surface area contributed by atoms with Gasteiger partial charge in [-0.25, -0.2) is 0 Å². The van der Waals surface area contributed by atoms with E-state index in [-0.39, 0.29) is 18.1 Å². The van der Waals surface area contributed by atoms with Gasteiger partial charge in [-0.2, -0.15) is 0 Å². The van der Waals surface area contributed by atoms with Crippen LogP contribution >= 0.6 is 0 Å². The number of hydrogen-bond donors (Lipinski definition) is 1. The molecular weight excluding hydrogens is 236 g/mol. The number of benzene rings is 1. The fourth-order valence-corrected chi connectivity index (χ4v) is 3.02. The number of nitrogens with one attached hydrogen (secondary N) is 1. The minimum atomic E-state index is -0.168. The summed E-state index contributed by atoms with van der Waals surface area (Å²) in [5.74, 6) is 0.886. The minimum absolute atomic E-state index is 0.133. The maximum Gasteiger partial charge on any atom is 0.245 e. The van der Waals surface area contributed by atoms with E-state index in [1.54, 1.807) is 0 Å². The van der Waals surface area contributed by atoms with Crippen molar-refractivity contribution < 1.29 is 4.79 Å². The predicted octanol–water partition coefficient (Wildman–Crippen LogP) is 2.55. The number of amides is 1. The first-order valence-electron chi connectivity index (χ1n) is 7.10. The molecule has 19 heavy (non-hydrogen) atoms. The van der Waals surface area contributed by atoms with E-state index in [0.29, 0.717) is 11.3 Å². The lowest BCUT2D eigenvalue weighted by Crippen LogP contribution is -2.36. The third-order valence-electron chi connectivity index (χ3n) is 4.67. The molecule has 3 rings (SSSR count). The molecule has 1 heterocycles. The summed E-state index contributed by atoms with van der Waals surface area (Å²) in [6.07, 6.45) is 1.37. The van der Waals surface area contributed by atoms with Crippen LogP contribution in [0.5, 0.6) is 0 Å². The highest BCUT2D eigenvalue weighted by atomic mass is 16.2. The fraction of sp³-hybridized carbons (Fsp3) is 0.562. The van der Waals surface area contributed by atoms with Gasteiger partial charge in [-0.3, -0.25) is 10.1 Å². The van der Waals surface area contributed by atoms with Crippen molar-refractivity contribution in [2.75, 3.05) is 6.54 Å². The maximum absolute atomic E-state index is 12.6. The molecule has 2 aliphatic rings. The third kappa shape index (κ3) is 2.27. The molecule has 2 fully saturated rings. The molecule has 1 aromatic rings. The zero-order valence-corrected chi connectivity index (χ0v) is 11.9. The smallest absolute Gasteiger partial charge is 0.245 e. The van der Waals surface area contributed by atoms with E-state index < -0.39 is 0 Å². The largest absolute Gasteiger partial charge is 0.325 e. The Balaban J connectivity index is 1.73. The second-order valence-electron chi connectivity index (χ2n) is 6.57.